The predicted molar refractivity (Wildman–Crippen MR) is 78.0 cm³/mol. The standard InChI is InChI=1S/C17H14N2O/c1-12(20)19-16-9-5-4-8-14(16)13-6-2-3-7-15(13)17(19)10-11-18/h2-9,17H,10H2,1H3. The molecule has 0 saturated carbocycles. The van der Waals surface area contributed by atoms with Crippen molar-refractivity contribution in [3.05, 3.63) is 54.1 Å². The zero-order chi connectivity index (χ0) is 14.1. The minimum Gasteiger partial charge on any atom is -0.303 e. The zero-order valence-electron chi connectivity index (χ0n) is 11.2. The molecule has 1 heterocycles. The maximum absolute atomic E-state index is 12.1. The van der Waals surface area contributed by atoms with Gasteiger partial charge in [-0.05, 0) is 17.2 Å². The minimum atomic E-state index is -0.205. The van der Waals surface area contributed by atoms with E-state index in [1.165, 1.54) is 0 Å². The Morgan fingerprint density at radius 1 is 1.15 bits per heavy atom. The van der Waals surface area contributed by atoms with Crippen LogP contribution in [-0.2, 0) is 4.79 Å². The van der Waals surface area contributed by atoms with Crippen LogP contribution in [0.3, 0.4) is 0 Å². The molecule has 2 aromatic carbocycles. The maximum Gasteiger partial charge on any atom is 0.224 e. The molecule has 0 aromatic heterocycles. The number of nitrogens with zero attached hydrogens (tertiary/aromatic N) is 2. The minimum absolute atomic E-state index is 0.0350. The second-order valence-electron chi connectivity index (χ2n) is 4.87. The van der Waals surface area contributed by atoms with Crippen molar-refractivity contribution in [2.75, 3.05) is 4.90 Å². The summed E-state index contributed by atoms with van der Waals surface area (Å²) in [5, 5.41) is 9.10. The van der Waals surface area contributed by atoms with Gasteiger partial charge in [0.05, 0.1) is 24.2 Å². The van der Waals surface area contributed by atoms with E-state index in [2.05, 4.69) is 12.1 Å². The van der Waals surface area contributed by atoms with Crippen LogP contribution in [0.1, 0.15) is 24.9 Å². The van der Waals surface area contributed by atoms with E-state index in [-0.39, 0.29) is 11.9 Å². The first kappa shape index (κ1) is 12.4. The molecule has 1 aliphatic rings. The molecule has 1 atom stereocenters. The van der Waals surface area contributed by atoms with Gasteiger partial charge in [-0.1, -0.05) is 42.5 Å². The normalized spacial score (nSPS) is 16.0. The van der Waals surface area contributed by atoms with Crippen molar-refractivity contribution in [2.24, 2.45) is 0 Å². The predicted octanol–water partition coefficient (Wildman–Crippen LogP) is 3.67. The van der Waals surface area contributed by atoms with E-state index in [9.17, 15) is 4.79 Å². The van der Waals surface area contributed by atoms with Gasteiger partial charge in [-0.3, -0.25) is 4.79 Å². The van der Waals surface area contributed by atoms with Crippen molar-refractivity contribution in [1.29, 1.82) is 5.26 Å². The Bertz CT molecular complexity index is 715. The van der Waals surface area contributed by atoms with E-state index < -0.39 is 0 Å². The molecule has 0 radical (unpaired) electrons. The zero-order valence-corrected chi connectivity index (χ0v) is 11.2. The molecule has 0 saturated heterocycles. The average Bonchev–Trinajstić information content (AvgIpc) is 2.47. The summed E-state index contributed by atoms with van der Waals surface area (Å²) in [6, 6.07) is 17.8. The van der Waals surface area contributed by atoms with E-state index in [1.807, 2.05) is 42.5 Å². The fourth-order valence-electron chi connectivity index (χ4n) is 2.93. The maximum atomic E-state index is 12.1. The Morgan fingerprint density at radius 2 is 1.80 bits per heavy atom. The fraction of sp³-hybridized carbons (Fsp3) is 0.176. The molecule has 3 rings (SSSR count). The van der Waals surface area contributed by atoms with Crippen molar-refractivity contribution in [3.8, 4) is 17.2 Å². The Morgan fingerprint density at radius 3 is 2.50 bits per heavy atom. The molecule has 2 aromatic rings. The van der Waals surface area contributed by atoms with Crippen LogP contribution in [0, 0.1) is 11.3 Å². The van der Waals surface area contributed by atoms with Gasteiger partial charge in [-0.2, -0.15) is 5.26 Å². The van der Waals surface area contributed by atoms with Gasteiger partial charge in [0.2, 0.25) is 5.91 Å². The van der Waals surface area contributed by atoms with Gasteiger partial charge in [-0.25, -0.2) is 0 Å². The van der Waals surface area contributed by atoms with Crippen molar-refractivity contribution in [1.82, 2.24) is 0 Å². The topological polar surface area (TPSA) is 44.1 Å². The smallest absolute Gasteiger partial charge is 0.224 e. The number of hydrogen-bond donors (Lipinski definition) is 0. The van der Waals surface area contributed by atoms with Crippen LogP contribution in [0.25, 0.3) is 11.1 Å². The summed E-state index contributed by atoms with van der Waals surface area (Å²) in [6.07, 6.45) is 0.297. The van der Waals surface area contributed by atoms with Crippen LogP contribution in [0.5, 0.6) is 0 Å². The van der Waals surface area contributed by atoms with E-state index in [0.717, 1.165) is 22.4 Å². The fourth-order valence-corrected chi connectivity index (χ4v) is 2.93. The van der Waals surface area contributed by atoms with E-state index >= 15 is 0 Å². The lowest BCUT2D eigenvalue weighted by atomic mass is 9.87. The van der Waals surface area contributed by atoms with Crippen molar-refractivity contribution in [2.45, 2.75) is 19.4 Å². The monoisotopic (exact) mass is 262 g/mol. The van der Waals surface area contributed by atoms with Gasteiger partial charge in [0.25, 0.3) is 0 Å². The van der Waals surface area contributed by atoms with Gasteiger partial charge >= 0.3 is 0 Å². The summed E-state index contributed by atoms with van der Waals surface area (Å²) in [6.45, 7) is 1.55. The largest absolute Gasteiger partial charge is 0.303 e. The highest BCUT2D eigenvalue weighted by molar-refractivity contribution is 6.00. The summed E-state index contributed by atoms with van der Waals surface area (Å²) in [4.78, 5) is 13.8. The molecule has 1 unspecified atom stereocenters. The van der Waals surface area contributed by atoms with Gasteiger partial charge in [0, 0.05) is 12.5 Å². The molecular formula is C17H14N2O. The molecule has 3 nitrogen and oxygen atoms in total. The Labute approximate surface area is 118 Å². The van der Waals surface area contributed by atoms with Gasteiger partial charge in [-0.15, -0.1) is 0 Å². The molecule has 98 valence electrons. The second-order valence-corrected chi connectivity index (χ2v) is 4.87. The molecule has 0 spiro atoms. The second kappa shape index (κ2) is 4.82. The Kier molecular flexibility index (Phi) is 3.00. The first-order valence-corrected chi connectivity index (χ1v) is 6.59. The molecular weight excluding hydrogens is 248 g/mol. The molecule has 1 aliphatic heterocycles. The van der Waals surface area contributed by atoms with Crippen LogP contribution in [0.2, 0.25) is 0 Å². The molecule has 0 fully saturated rings. The number of carbonyl (C=O) groups is 1. The lowest BCUT2D eigenvalue weighted by Crippen LogP contribution is -2.35. The summed E-state index contributed by atoms with van der Waals surface area (Å²) in [7, 11) is 0. The highest BCUT2D eigenvalue weighted by Gasteiger charge is 2.32. The van der Waals surface area contributed by atoms with Crippen LogP contribution in [0.4, 0.5) is 5.69 Å². The third-order valence-corrected chi connectivity index (χ3v) is 3.71. The van der Waals surface area contributed by atoms with Crippen LogP contribution >= 0.6 is 0 Å². The molecule has 20 heavy (non-hydrogen) atoms. The van der Waals surface area contributed by atoms with Crippen LogP contribution in [-0.4, -0.2) is 5.91 Å². The Balaban J connectivity index is 2.29. The molecule has 0 bridgehead atoms. The van der Waals surface area contributed by atoms with Gasteiger partial charge in [0.15, 0.2) is 0 Å². The van der Waals surface area contributed by atoms with E-state index in [0.29, 0.717) is 6.42 Å². The first-order valence-electron chi connectivity index (χ1n) is 6.59. The molecule has 1 amide bonds. The number of rotatable bonds is 1. The quantitative estimate of drug-likeness (QED) is 0.787. The lowest BCUT2D eigenvalue weighted by molar-refractivity contribution is -0.117. The third-order valence-electron chi connectivity index (χ3n) is 3.71. The van der Waals surface area contributed by atoms with Crippen LogP contribution < -0.4 is 4.90 Å². The van der Waals surface area contributed by atoms with Crippen LogP contribution in [0.15, 0.2) is 48.5 Å². The highest BCUT2D eigenvalue weighted by atomic mass is 16.2. The number of nitriles is 1. The van der Waals surface area contributed by atoms with Crippen molar-refractivity contribution >= 4 is 11.6 Å². The SMILES string of the molecule is CC(=O)N1c2ccccc2-c2ccccc2C1CC#N. The summed E-state index contributed by atoms with van der Waals surface area (Å²) >= 11 is 0. The van der Waals surface area contributed by atoms with Gasteiger partial charge < -0.3 is 4.90 Å². The summed E-state index contributed by atoms with van der Waals surface area (Å²) in [5.41, 5.74) is 4.09. The van der Waals surface area contributed by atoms with Gasteiger partial charge in [0.1, 0.15) is 0 Å². The Hall–Kier alpha value is -2.60. The molecule has 0 aliphatic carbocycles. The van der Waals surface area contributed by atoms with E-state index in [1.54, 1.807) is 11.8 Å². The molecule has 3 heteroatoms. The number of carbonyl (C=O) groups excluding carboxylic acids is 1. The number of para-hydroxylation sites is 1. The number of fused-ring (bicyclic) bond motifs is 3. The number of hydrogen-bond acceptors (Lipinski definition) is 2. The van der Waals surface area contributed by atoms with E-state index in [4.69, 9.17) is 5.26 Å². The number of benzene rings is 2. The summed E-state index contributed by atoms with van der Waals surface area (Å²) < 4.78 is 0. The van der Waals surface area contributed by atoms with Crippen molar-refractivity contribution in [3.63, 3.8) is 0 Å². The molecule has 0 N–H and O–H groups in total. The summed E-state index contributed by atoms with van der Waals surface area (Å²) in [5.74, 6) is -0.0350. The third kappa shape index (κ3) is 1.78. The number of amides is 1. The number of anilines is 1. The average molecular weight is 262 g/mol. The lowest BCUT2D eigenvalue weighted by Gasteiger charge is -2.37. The first-order chi connectivity index (χ1) is 9.74. The highest BCUT2D eigenvalue weighted by Crippen LogP contribution is 2.45. The van der Waals surface area contributed by atoms with Crippen molar-refractivity contribution < 1.29 is 4.79 Å².